The molecule has 0 N–H and O–H groups in total. The van der Waals surface area contributed by atoms with Gasteiger partial charge in [-0.1, -0.05) is 37.1 Å². The van der Waals surface area contributed by atoms with Gasteiger partial charge in [-0.15, -0.1) is 0 Å². The van der Waals surface area contributed by atoms with E-state index in [-0.39, 0.29) is 11.9 Å². The van der Waals surface area contributed by atoms with E-state index in [4.69, 9.17) is 21.1 Å². The lowest BCUT2D eigenvalue weighted by Gasteiger charge is -2.18. The molecule has 0 aromatic rings. The number of hydrogen-bond acceptors (Lipinski definition) is 4. The van der Waals surface area contributed by atoms with Gasteiger partial charge in [-0.3, -0.25) is 4.79 Å². The molecule has 0 rings (SSSR count). The lowest BCUT2D eigenvalue weighted by molar-refractivity contribution is -0.138. The highest BCUT2D eigenvalue weighted by Crippen LogP contribution is 2.23. The van der Waals surface area contributed by atoms with E-state index in [2.05, 4.69) is 13.8 Å². The maximum Gasteiger partial charge on any atom is 0.333 e. The summed E-state index contributed by atoms with van der Waals surface area (Å²) >= 11 is 6.03. The molecule has 0 heterocycles. The van der Waals surface area contributed by atoms with Crippen molar-refractivity contribution in [1.29, 1.82) is 0 Å². The highest BCUT2D eigenvalue weighted by molar-refractivity contribution is 6.25. The van der Waals surface area contributed by atoms with Crippen LogP contribution >= 0.6 is 11.6 Å². The Morgan fingerprint density at radius 3 is 2.40 bits per heavy atom. The molecular formula is C24H40ClNO4. The fourth-order valence-electron chi connectivity index (χ4n) is 3.22. The maximum atomic E-state index is 12.0. The average molecular weight is 442 g/mol. The van der Waals surface area contributed by atoms with Crippen LogP contribution in [0.25, 0.3) is 0 Å². The summed E-state index contributed by atoms with van der Waals surface area (Å²) in [6, 6.07) is 0. The number of carbonyl (C=O) groups is 2. The lowest BCUT2D eigenvalue weighted by atomic mass is 9.90. The van der Waals surface area contributed by atoms with Crippen LogP contribution in [0, 0.1) is 11.8 Å². The Hall–Kier alpha value is -1.75. The summed E-state index contributed by atoms with van der Waals surface area (Å²) in [6.45, 7) is 10.8. The SMILES string of the molecule is CCOC(=O)/C(C)=C/C(C)CC(C)CC/C(=C/Cl)CCCN(C)C(=O)/C=C(\C)OC. The third kappa shape index (κ3) is 12.7. The van der Waals surface area contributed by atoms with E-state index in [1.165, 1.54) is 11.6 Å². The van der Waals surface area contributed by atoms with Crippen molar-refractivity contribution in [2.24, 2.45) is 11.8 Å². The third-order valence-electron chi connectivity index (χ3n) is 5.03. The molecule has 0 saturated heterocycles. The van der Waals surface area contributed by atoms with Crippen molar-refractivity contribution < 1.29 is 19.1 Å². The molecule has 0 fully saturated rings. The van der Waals surface area contributed by atoms with Gasteiger partial charge in [0.1, 0.15) is 0 Å². The van der Waals surface area contributed by atoms with Gasteiger partial charge in [0.05, 0.1) is 19.5 Å². The smallest absolute Gasteiger partial charge is 0.333 e. The van der Waals surface area contributed by atoms with Gasteiger partial charge in [-0.25, -0.2) is 4.79 Å². The minimum atomic E-state index is -0.235. The second kappa shape index (κ2) is 16.0. The summed E-state index contributed by atoms with van der Waals surface area (Å²) in [6.07, 6.45) is 8.23. The maximum absolute atomic E-state index is 12.0. The molecule has 1 amide bonds. The topological polar surface area (TPSA) is 55.8 Å². The van der Waals surface area contributed by atoms with Gasteiger partial charge in [-0.05, 0) is 64.7 Å². The fraction of sp³-hybridized carbons (Fsp3) is 0.667. The van der Waals surface area contributed by atoms with Crippen molar-refractivity contribution in [3.63, 3.8) is 0 Å². The first-order valence-corrected chi connectivity index (χ1v) is 11.2. The van der Waals surface area contributed by atoms with E-state index in [1.807, 2.05) is 19.9 Å². The summed E-state index contributed by atoms with van der Waals surface area (Å²) in [5.74, 6) is 1.14. The van der Waals surface area contributed by atoms with Crippen molar-refractivity contribution in [2.75, 3.05) is 27.3 Å². The van der Waals surface area contributed by atoms with Crippen LogP contribution in [0.2, 0.25) is 0 Å². The number of methoxy groups -OCH3 is 1. The van der Waals surface area contributed by atoms with Crippen molar-refractivity contribution in [1.82, 2.24) is 4.90 Å². The number of esters is 1. The van der Waals surface area contributed by atoms with Crippen LogP contribution in [0.15, 0.2) is 34.6 Å². The standard InChI is InChI=1S/C24H40ClNO4/c1-8-30-24(28)20(4)15-19(3)14-18(2)11-12-22(17-25)10-9-13-26(6)23(27)16-21(5)29-7/h15-19H,8-14H2,1-7H3/b20-15+,21-16+,22-17+. The first-order chi connectivity index (χ1) is 14.1. The van der Waals surface area contributed by atoms with Crippen LogP contribution in [0.5, 0.6) is 0 Å². The highest BCUT2D eigenvalue weighted by atomic mass is 35.5. The van der Waals surface area contributed by atoms with Crippen molar-refractivity contribution in [3.05, 3.63) is 34.6 Å². The molecule has 0 spiro atoms. The average Bonchev–Trinajstić information content (AvgIpc) is 2.69. The normalized spacial score (nSPS) is 14.9. The van der Waals surface area contributed by atoms with Gasteiger partial charge in [0.2, 0.25) is 5.91 Å². The van der Waals surface area contributed by atoms with Gasteiger partial charge < -0.3 is 14.4 Å². The number of amides is 1. The van der Waals surface area contributed by atoms with E-state index in [0.717, 1.165) is 32.1 Å². The van der Waals surface area contributed by atoms with E-state index in [1.54, 1.807) is 31.5 Å². The van der Waals surface area contributed by atoms with Crippen LogP contribution in [0.3, 0.4) is 0 Å². The number of hydrogen-bond donors (Lipinski definition) is 0. The zero-order valence-electron chi connectivity index (χ0n) is 19.8. The summed E-state index contributed by atoms with van der Waals surface area (Å²) in [5.41, 5.74) is 3.56. The third-order valence-corrected chi connectivity index (χ3v) is 5.34. The molecule has 172 valence electrons. The zero-order valence-corrected chi connectivity index (χ0v) is 20.6. The number of nitrogens with zero attached hydrogens (tertiary/aromatic N) is 1. The summed E-state index contributed by atoms with van der Waals surface area (Å²) in [7, 11) is 3.34. The van der Waals surface area contributed by atoms with Crippen molar-refractivity contribution >= 4 is 23.5 Å². The van der Waals surface area contributed by atoms with E-state index in [0.29, 0.717) is 36.3 Å². The highest BCUT2D eigenvalue weighted by Gasteiger charge is 2.12. The Morgan fingerprint density at radius 1 is 1.17 bits per heavy atom. The van der Waals surface area contributed by atoms with Gasteiger partial charge >= 0.3 is 5.97 Å². The van der Waals surface area contributed by atoms with Crippen LogP contribution < -0.4 is 0 Å². The molecule has 2 atom stereocenters. The quantitative estimate of drug-likeness (QED) is 0.193. The molecule has 0 aromatic carbocycles. The van der Waals surface area contributed by atoms with Gasteiger partial charge in [0, 0.05) is 30.8 Å². The Morgan fingerprint density at radius 2 is 1.83 bits per heavy atom. The molecular weight excluding hydrogens is 402 g/mol. The van der Waals surface area contributed by atoms with Gasteiger partial charge in [0.15, 0.2) is 0 Å². The minimum absolute atomic E-state index is 0.0560. The van der Waals surface area contributed by atoms with Crippen LogP contribution in [0.4, 0.5) is 0 Å². The predicted molar refractivity (Wildman–Crippen MR) is 124 cm³/mol. The second-order valence-electron chi connectivity index (χ2n) is 8.02. The van der Waals surface area contributed by atoms with Crippen LogP contribution in [-0.4, -0.2) is 44.1 Å². The van der Waals surface area contributed by atoms with Gasteiger partial charge in [0.25, 0.3) is 0 Å². The molecule has 5 nitrogen and oxygen atoms in total. The number of allylic oxidation sites excluding steroid dienone is 3. The number of ether oxygens (including phenoxy) is 2. The van der Waals surface area contributed by atoms with E-state index < -0.39 is 0 Å². The lowest BCUT2D eigenvalue weighted by Crippen LogP contribution is -2.26. The summed E-state index contributed by atoms with van der Waals surface area (Å²) in [4.78, 5) is 25.4. The second-order valence-corrected chi connectivity index (χ2v) is 8.24. The van der Waals surface area contributed by atoms with E-state index in [9.17, 15) is 9.59 Å². The largest absolute Gasteiger partial charge is 0.501 e. The Kier molecular flexibility index (Phi) is 15.1. The molecule has 0 aliphatic carbocycles. The number of halogens is 1. The van der Waals surface area contributed by atoms with Crippen molar-refractivity contribution in [3.8, 4) is 0 Å². The Bertz CT molecular complexity index is 625. The molecule has 0 saturated carbocycles. The molecule has 0 aliphatic heterocycles. The van der Waals surface area contributed by atoms with E-state index >= 15 is 0 Å². The molecule has 2 unspecified atom stereocenters. The number of likely N-dealkylation sites (N-methyl/N-ethyl adjacent to an activating group) is 1. The first-order valence-electron chi connectivity index (χ1n) is 10.8. The summed E-state index contributed by atoms with van der Waals surface area (Å²) < 4.78 is 10.1. The number of carbonyl (C=O) groups excluding carboxylic acids is 2. The molecule has 30 heavy (non-hydrogen) atoms. The minimum Gasteiger partial charge on any atom is -0.501 e. The number of rotatable bonds is 14. The van der Waals surface area contributed by atoms with Crippen molar-refractivity contribution in [2.45, 2.75) is 66.7 Å². The Balaban J connectivity index is 4.35. The van der Waals surface area contributed by atoms with Gasteiger partial charge in [-0.2, -0.15) is 0 Å². The zero-order chi connectivity index (χ0) is 23.1. The fourth-order valence-corrected chi connectivity index (χ4v) is 3.44. The molecule has 0 radical (unpaired) electrons. The molecule has 0 aliphatic rings. The molecule has 6 heteroatoms. The van der Waals surface area contributed by atoms with Crippen LogP contribution in [-0.2, 0) is 19.1 Å². The monoisotopic (exact) mass is 441 g/mol. The molecule has 0 bridgehead atoms. The first kappa shape index (κ1) is 28.2. The Labute approximate surface area is 188 Å². The molecule has 0 aromatic heterocycles. The predicted octanol–water partition coefficient (Wildman–Crippen LogP) is 5.85. The summed E-state index contributed by atoms with van der Waals surface area (Å²) in [5, 5.41) is 0. The van der Waals surface area contributed by atoms with Crippen LogP contribution in [0.1, 0.15) is 66.7 Å².